The Morgan fingerprint density at radius 3 is 2.43 bits per heavy atom. The van der Waals surface area contributed by atoms with Gasteiger partial charge in [0, 0.05) is 56.3 Å². The quantitative estimate of drug-likeness (QED) is 0.220. The maximum absolute atomic E-state index is 14.9. The highest BCUT2D eigenvalue weighted by molar-refractivity contribution is 6.34. The summed E-state index contributed by atoms with van der Waals surface area (Å²) in [5.41, 5.74) is 1.41. The van der Waals surface area contributed by atoms with Crippen LogP contribution in [0.5, 0.6) is 5.75 Å². The first-order chi connectivity index (χ1) is 22.4. The van der Waals surface area contributed by atoms with Crippen LogP contribution in [0.2, 0.25) is 5.02 Å². The predicted molar refractivity (Wildman–Crippen MR) is 166 cm³/mol. The van der Waals surface area contributed by atoms with E-state index in [2.05, 4.69) is 15.3 Å². The Bertz CT molecular complexity index is 1830. The molecule has 0 radical (unpaired) electrons. The number of nitrogens with zero attached hydrogens (tertiary/aromatic N) is 7. The fourth-order valence-corrected chi connectivity index (χ4v) is 5.16. The zero-order valence-corrected chi connectivity index (χ0v) is 26.5. The summed E-state index contributed by atoms with van der Waals surface area (Å²) in [5, 5.41) is 20.3. The van der Waals surface area contributed by atoms with Crippen molar-refractivity contribution in [3.8, 4) is 23.1 Å². The van der Waals surface area contributed by atoms with Crippen LogP contribution in [0.4, 0.5) is 20.3 Å². The molecular weight excluding hydrogens is 638 g/mol. The number of benzene rings is 2. The molecule has 5 rings (SSSR count). The Morgan fingerprint density at radius 1 is 1.11 bits per heavy atom. The number of piperazine rings is 1. The first kappa shape index (κ1) is 34.5. The van der Waals surface area contributed by atoms with Crippen LogP contribution < -0.4 is 15.2 Å². The molecule has 3 heterocycles. The van der Waals surface area contributed by atoms with E-state index in [9.17, 15) is 18.4 Å². The first-order valence-corrected chi connectivity index (χ1v) is 14.6. The van der Waals surface area contributed by atoms with E-state index in [0.29, 0.717) is 59.9 Å². The number of anilines is 2. The van der Waals surface area contributed by atoms with Crippen molar-refractivity contribution in [2.24, 2.45) is 0 Å². The highest BCUT2D eigenvalue weighted by atomic mass is 35.5. The molecule has 0 atom stereocenters. The van der Waals surface area contributed by atoms with Gasteiger partial charge in [0.05, 0.1) is 43.6 Å². The van der Waals surface area contributed by atoms with Crippen LogP contribution in [0.1, 0.15) is 10.4 Å². The second-order valence-corrected chi connectivity index (χ2v) is 11.7. The molecule has 2 amide bonds. The lowest BCUT2D eigenvalue weighted by molar-refractivity contribution is -0.862. The van der Waals surface area contributed by atoms with Gasteiger partial charge in [-0.3, -0.25) is 14.0 Å². The van der Waals surface area contributed by atoms with Crippen molar-refractivity contribution in [1.82, 2.24) is 24.2 Å². The van der Waals surface area contributed by atoms with E-state index in [1.54, 1.807) is 44.7 Å². The van der Waals surface area contributed by atoms with Crippen molar-refractivity contribution in [2.45, 2.75) is 0 Å². The number of rotatable bonds is 8. The number of carboxylic acid groups (broad SMARTS) is 1. The average molecular weight is 669 g/mol. The van der Waals surface area contributed by atoms with Gasteiger partial charge in [0.25, 0.3) is 11.8 Å². The van der Waals surface area contributed by atoms with Gasteiger partial charge in [0.15, 0.2) is 36.2 Å². The van der Waals surface area contributed by atoms with Crippen LogP contribution >= 0.6 is 11.6 Å². The summed E-state index contributed by atoms with van der Waals surface area (Å²) in [6, 6.07) is 9.21. The van der Waals surface area contributed by atoms with Gasteiger partial charge >= 0.3 is 0 Å². The molecule has 13 nitrogen and oxygen atoms in total. The summed E-state index contributed by atoms with van der Waals surface area (Å²) in [5.74, 6) is -2.56. The van der Waals surface area contributed by atoms with Gasteiger partial charge in [-0.05, 0) is 30.3 Å². The van der Waals surface area contributed by atoms with Crippen LogP contribution in [0, 0.1) is 23.0 Å². The second-order valence-electron chi connectivity index (χ2n) is 11.3. The number of imidazole rings is 1. The Hall–Kier alpha value is -5.33. The highest BCUT2D eigenvalue weighted by Crippen LogP contribution is 2.32. The number of ether oxygens (including phenoxy) is 1. The molecule has 0 aliphatic carbocycles. The van der Waals surface area contributed by atoms with Gasteiger partial charge in [-0.1, -0.05) is 11.6 Å². The zero-order valence-electron chi connectivity index (χ0n) is 25.7. The largest absolute Gasteiger partial charge is 0.554 e. The molecule has 16 heteroatoms. The van der Waals surface area contributed by atoms with Gasteiger partial charge in [-0.25, -0.2) is 14.4 Å². The number of nitriles is 1. The third-order valence-corrected chi connectivity index (χ3v) is 7.35. The Labute approximate surface area is 273 Å². The molecule has 2 aromatic heterocycles. The molecule has 0 bridgehead atoms. The lowest BCUT2D eigenvalue weighted by Crippen LogP contribution is -2.54. The number of likely N-dealkylation sites (N-methyl/N-ethyl adjacent to an activating group) is 1. The molecule has 246 valence electrons. The topological polar surface area (TPSA) is 156 Å². The lowest BCUT2D eigenvalue weighted by atomic mass is 10.1. The summed E-state index contributed by atoms with van der Waals surface area (Å²) in [4.78, 5) is 46.2. The molecule has 0 spiro atoms. The summed E-state index contributed by atoms with van der Waals surface area (Å²) in [6.45, 7) is 1.21. The van der Waals surface area contributed by atoms with E-state index in [-0.39, 0.29) is 33.8 Å². The van der Waals surface area contributed by atoms with Crippen LogP contribution in [0.3, 0.4) is 0 Å². The Balaban J connectivity index is 0.00000160. The number of fused-ring (bicyclic) bond motifs is 1. The number of carbonyl (C=O) groups excluding carboxylic acids is 3. The van der Waals surface area contributed by atoms with Crippen molar-refractivity contribution in [1.29, 1.82) is 5.26 Å². The minimum Gasteiger partial charge on any atom is -0.554 e. The van der Waals surface area contributed by atoms with Crippen molar-refractivity contribution >= 4 is 47.0 Å². The van der Waals surface area contributed by atoms with Crippen LogP contribution in [-0.2, 0) is 9.59 Å². The number of halogens is 3. The fourth-order valence-electron chi connectivity index (χ4n) is 4.90. The fraction of sp³-hybridized carbons (Fsp3) is 0.290. The molecule has 47 heavy (non-hydrogen) atoms. The van der Waals surface area contributed by atoms with E-state index in [0.717, 1.165) is 0 Å². The van der Waals surface area contributed by atoms with E-state index in [1.807, 2.05) is 21.1 Å². The normalized spacial score (nSPS) is 13.0. The number of amides is 2. The van der Waals surface area contributed by atoms with E-state index in [1.165, 1.54) is 24.5 Å². The van der Waals surface area contributed by atoms with Crippen molar-refractivity contribution < 1.29 is 37.5 Å². The number of hydrogen-bond donors (Lipinski definition) is 1. The number of quaternary nitrogens is 1. The van der Waals surface area contributed by atoms with Crippen LogP contribution in [0.15, 0.2) is 48.9 Å². The third-order valence-electron chi connectivity index (χ3n) is 7.03. The molecule has 4 aromatic rings. The summed E-state index contributed by atoms with van der Waals surface area (Å²) < 4.78 is 36.5. The molecule has 0 saturated carbocycles. The second kappa shape index (κ2) is 14.8. The number of carbonyl (C=O) groups is 3. The Morgan fingerprint density at radius 2 is 1.79 bits per heavy atom. The molecule has 1 aliphatic rings. The Kier molecular flexibility index (Phi) is 10.9. The third kappa shape index (κ3) is 8.10. The standard InChI is InChI=1S/C30H29ClF2N8O3.CH2O2/c1-41(2,3)18-25(42)38-11-13-39(14-12-38)30(43)20-5-4-19(16-22(20)31)37-28-29-36-17-23(40(29)10-9-35-28)21-6-7-24(44-15-8-34)27(33)26(21)32;2-1-3/h4-7,9-10,16-17H,11-15,18H2,1-3H3;1H,(H,2,3). The number of aromatic nitrogens is 3. The highest BCUT2D eigenvalue weighted by Gasteiger charge is 2.28. The molecule has 1 saturated heterocycles. The smallest absolute Gasteiger partial charge is 0.277 e. The van der Waals surface area contributed by atoms with E-state index >= 15 is 0 Å². The van der Waals surface area contributed by atoms with Crippen molar-refractivity contribution in [2.75, 3.05) is 65.8 Å². The van der Waals surface area contributed by atoms with Gasteiger partial charge < -0.3 is 34.2 Å². The van der Waals surface area contributed by atoms with Crippen LogP contribution in [-0.4, -0.2) is 107 Å². The molecule has 0 unspecified atom stereocenters. The lowest BCUT2D eigenvalue weighted by Gasteiger charge is -2.36. The van der Waals surface area contributed by atoms with Crippen LogP contribution in [0.25, 0.3) is 16.9 Å². The minimum absolute atomic E-state index is 0.0547. The van der Waals surface area contributed by atoms with E-state index in [4.69, 9.17) is 31.5 Å². The zero-order chi connectivity index (χ0) is 34.3. The van der Waals surface area contributed by atoms with Gasteiger partial charge in [-0.15, -0.1) is 0 Å². The summed E-state index contributed by atoms with van der Waals surface area (Å²) in [6.07, 6.45) is 4.42. The maximum Gasteiger partial charge on any atom is 0.277 e. The average Bonchev–Trinajstić information content (AvgIpc) is 3.46. The summed E-state index contributed by atoms with van der Waals surface area (Å²) >= 11 is 6.54. The van der Waals surface area contributed by atoms with Crippen molar-refractivity contribution in [3.05, 3.63) is 71.1 Å². The molecular formula is C31H31ClF2N8O5. The number of nitrogens with one attached hydrogen (secondary N) is 1. The number of hydrogen-bond acceptors (Lipinski definition) is 9. The molecule has 1 aliphatic heterocycles. The van der Waals surface area contributed by atoms with Crippen molar-refractivity contribution in [3.63, 3.8) is 0 Å². The monoisotopic (exact) mass is 668 g/mol. The first-order valence-electron chi connectivity index (χ1n) is 14.2. The van der Waals surface area contributed by atoms with Gasteiger partial charge in [0.1, 0.15) is 6.07 Å². The minimum atomic E-state index is -1.21. The predicted octanol–water partition coefficient (Wildman–Crippen LogP) is 2.33. The SMILES string of the molecule is C[N+](C)(C)CC(=O)N1CCN(C(=O)c2ccc(Nc3nccn4c(-c5ccc(OCC#N)c(F)c5F)cnc34)cc2Cl)CC1.O=C[O-]. The van der Waals surface area contributed by atoms with Gasteiger partial charge in [0.2, 0.25) is 5.82 Å². The molecule has 1 N–H and O–H groups in total. The molecule has 1 fully saturated rings. The maximum atomic E-state index is 14.9. The summed E-state index contributed by atoms with van der Waals surface area (Å²) in [7, 11) is 5.88. The van der Waals surface area contributed by atoms with E-state index < -0.39 is 24.7 Å². The van der Waals surface area contributed by atoms with Gasteiger partial charge in [-0.2, -0.15) is 9.65 Å². The molecule has 2 aromatic carbocycles.